The van der Waals surface area contributed by atoms with Crippen molar-refractivity contribution in [1.82, 2.24) is 14.9 Å². The van der Waals surface area contributed by atoms with Crippen molar-refractivity contribution >= 4 is 40.0 Å². The van der Waals surface area contributed by atoms with Gasteiger partial charge in [-0.05, 0) is 26.7 Å². The first-order valence-corrected chi connectivity index (χ1v) is 8.07. The van der Waals surface area contributed by atoms with Crippen molar-refractivity contribution in [3.05, 3.63) is 0 Å². The van der Waals surface area contributed by atoms with Crippen LogP contribution in [0, 0.1) is 0 Å². The Hall–Kier alpha value is -0.0900. The molecule has 0 unspecified atom stereocenters. The van der Waals surface area contributed by atoms with Crippen LogP contribution in [-0.2, 0) is 10.0 Å². The second kappa shape index (κ2) is 7.63. The van der Waals surface area contributed by atoms with Gasteiger partial charge in [-0.3, -0.25) is 4.99 Å². The smallest absolute Gasteiger partial charge is 0.209 e. The maximum atomic E-state index is 11.2. The maximum absolute atomic E-state index is 11.2. The minimum atomic E-state index is -3.20. The molecule has 0 spiro atoms. The van der Waals surface area contributed by atoms with Gasteiger partial charge < -0.3 is 10.2 Å². The Morgan fingerprint density at radius 3 is 2.26 bits per heavy atom. The summed E-state index contributed by atoms with van der Waals surface area (Å²) in [6.45, 7) is 6.22. The average molecular weight is 404 g/mol. The van der Waals surface area contributed by atoms with Crippen molar-refractivity contribution in [3.8, 4) is 0 Å². The highest BCUT2D eigenvalue weighted by atomic mass is 127. The third kappa shape index (κ3) is 7.31. The molecule has 8 heteroatoms. The summed E-state index contributed by atoms with van der Waals surface area (Å²) in [6.07, 6.45) is 3.54. The molecule has 0 radical (unpaired) electrons. The Balaban J connectivity index is 0.00000324. The van der Waals surface area contributed by atoms with Gasteiger partial charge in [-0.1, -0.05) is 0 Å². The van der Waals surface area contributed by atoms with Gasteiger partial charge in [0.1, 0.15) is 0 Å². The molecular formula is C11H25IN4O2S. The molecule has 2 N–H and O–H groups in total. The predicted molar refractivity (Wildman–Crippen MR) is 89.6 cm³/mol. The van der Waals surface area contributed by atoms with E-state index in [2.05, 4.69) is 19.9 Å². The van der Waals surface area contributed by atoms with Crippen LogP contribution in [0.25, 0.3) is 0 Å². The molecule has 114 valence electrons. The van der Waals surface area contributed by atoms with Gasteiger partial charge in [0.05, 0.1) is 6.26 Å². The summed E-state index contributed by atoms with van der Waals surface area (Å²) >= 11 is 0. The summed E-state index contributed by atoms with van der Waals surface area (Å²) in [5, 5.41) is 3.22. The zero-order valence-corrected chi connectivity index (χ0v) is 15.2. The van der Waals surface area contributed by atoms with Crippen molar-refractivity contribution in [2.45, 2.75) is 32.2 Å². The fourth-order valence-electron chi connectivity index (χ4n) is 2.10. The number of aliphatic imine (C=N–C) groups is 1. The Labute approximate surface area is 133 Å². The molecule has 0 atom stereocenters. The molecule has 1 aliphatic heterocycles. The van der Waals surface area contributed by atoms with Crippen molar-refractivity contribution in [2.75, 3.05) is 32.9 Å². The van der Waals surface area contributed by atoms with Gasteiger partial charge in [0, 0.05) is 32.2 Å². The van der Waals surface area contributed by atoms with E-state index in [1.807, 2.05) is 13.8 Å². The summed E-state index contributed by atoms with van der Waals surface area (Å²) in [5.74, 6) is 0.843. The van der Waals surface area contributed by atoms with Gasteiger partial charge in [0.25, 0.3) is 0 Å². The Kier molecular flexibility index (Phi) is 7.59. The van der Waals surface area contributed by atoms with E-state index in [1.54, 1.807) is 7.05 Å². The lowest BCUT2D eigenvalue weighted by Crippen LogP contribution is -2.53. The number of likely N-dealkylation sites (tertiary alicyclic amines) is 1. The largest absolute Gasteiger partial charge is 0.354 e. The van der Waals surface area contributed by atoms with Crippen LogP contribution >= 0.6 is 24.0 Å². The number of halogens is 1. The topological polar surface area (TPSA) is 73.8 Å². The van der Waals surface area contributed by atoms with Crippen molar-refractivity contribution in [2.24, 2.45) is 4.99 Å². The first-order valence-electron chi connectivity index (χ1n) is 6.18. The predicted octanol–water partition coefficient (Wildman–Crippen LogP) is 0.603. The quantitative estimate of drug-likeness (QED) is 0.409. The molecule has 6 nitrogen and oxygen atoms in total. The number of hydrogen-bond donors (Lipinski definition) is 2. The lowest BCUT2D eigenvalue weighted by molar-refractivity contribution is 0.426. The van der Waals surface area contributed by atoms with Gasteiger partial charge in [-0.25, -0.2) is 13.1 Å². The molecule has 19 heavy (non-hydrogen) atoms. The summed E-state index contributed by atoms with van der Waals surface area (Å²) < 4.78 is 25.1. The highest BCUT2D eigenvalue weighted by Gasteiger charge is 2.24. The van der Waals surface area contributed by atoms with E-state index in [0.717, 1.165) is 19.0 Å². The number of nitrogens with one attached hydrogen (secondary N) is 2. The summed E-state index contributed by atoms with van der Waals surface area (Å²) in [7, 11) is -1.45. The van der Waals surface area contributed by atoms with E-state index in [4.69, 9.17) is 0 Å². The standard InChI is InChI=1S/C11H24N4O2S.HI/c1-11(2,14-18(4,16)17)9-13-10(12-3)15-7-5-6-8-15;/h14H,5-9H2,1-4H3,(H,12,13);1H. The lowest BCUT2D eigenvalue weighted by atomic mass is 10.1. The second-order valence-electron chi connectivity index (χ2n) is 5.35. The Morgan fingerprint density at radius 1 is 1.32 bits per heavy atom. The molecule has 1 saturated heterocycles. The van der Waals surface area contributed by atoms with E-state index >= 15 is 0 Å². The van der Waals surface area contributed by atoms with Gasteiger partial charge in [-0.15, -0.1) is 24.0 Å². The molecular weight excluding hydrogens is 379 g/mol. The number of guanidine groups is 1. The molecule has 0 aliphatic carbocycles. The second-order valence-corrected chi connectivity index (χ2v) is 7.10. The number of sulfonamides is 1. The van der Waals surface area contributed by atoms with Crippen LogP contribution in [0.1, 0.15) is 26.7 Å². The first-order chi connectivity index (χ1) is 8.23. The molecule has 0 saturated carbocycles. The summed E-state index contributed by atoms with van der Waals surface area (Å²) in [5.41, 5.74) is -0.538. The molecule has 0 amide bonds. The zero-order valence-electron chi connectivity index (χ0n) is 12.1. The molecule has 0 bridgehead atoms. The van der Waals surface area contributed by atoms with Crippen LogP contribution in [0.5, 0.6) is 0 Å². The van der Waals surface area contributed by atoms with Gasteiger partial charge in [-0.2, -0.15) is 0 Å². The van der Waals surface area contributed by atoms with E-state index in [-0.39, 0.29) is 24.0 Å². The summed E-state index contributed by atoms with van der Waals surface area (Å²) in [4.78, 5) is 6.41. The summed E-state index contributed by atoms with van der Waals surface area (Å²) in [6, 6.07) is 0. The van der Waals surface area contributed by atoms with Gasteiger partial charge in [0.2, 0.25) is 10.0 Å². The van der Waals surface area contributed by atoms with Crippen LogP contribution in [0.4, 0.5) is 0 Å². The number of rotatable bonds is 4. The molecule has 1 fully saturated rings. The van der Waals surface area contributed by atoms with Crippen molar-refractivity contribution in [3.63, 3.8) is 0 Å². The van der Waals surface area contributed by atoms with Crippen LogP contribution in [0.3, 0.4) is 0 Å². The Bertz CT molecular complexity index is 403. The van der Waals surface area contributed by atoms with Crippen molar-refractivity contribution < 1.29 is 8.42 Å². The average Bonchev–Trinajstić information content (AvgIpc) is 2.68. The molecule has 0 aromatic heterocycles. The third-order valence-electron chi connectivity index (χ3n) is 2.77. The van der Waals surface area contributed by atoms with E-state index < -0.39 is 15.6 Å². The van der Waals surface area contributed by atoms with Crippen LogP contribution in [0.15, 0.2) is 4.99 Å². The third-order valence-corrected chi connectivity index (χ3v) is 3.69. The van der Waals surface area contributed by atoms with Crippen LogP contribution < -0.4 is 10.0 Å². The SMILES string of the molecule is CN=C(NCC(C)(C)NS(C)(=O)=O)N1CCCC1.I. The van der Waals surface area contributed by atoms with Crippen LogP contribution in [0.2, 0.25) is 0 Å². The number of hydrogen-bond acceptors (Lipinski definition) is 3. The highest BCUT2D eigenvalue weighted by Crippen LogP contribution is 2.08. The molecule has 1 rings (SSSR count). The van der Waals surface area contributed by atoms with Crippen molar-refractivity contribution in [1.29, 1.82) is 0 Å². The molecule has 0 aromatic rings. The molecule has 0 aromatic carbocycles. The molecule has 1 aliphatic rings. The Morgan fingerprint density at radius 2 is 1.84 bits per heavy atom. The lowest BCUT2D eigenvalue weighted by Gasteiger charge is -2.28. The van der Waals surface area contributed by atoms with Gasteiger partial charge in [0.15, 0.2) is 5.96 Å². The minimum absolute atomic E-state index is 0. The zero-order chi connectivity index (χ0) is 13.8. The fourth-order valence-corrected chi connectivity index (χ4v) is 3.18. The van der Waals surface area contributed by atoms with E-state index in [1.165, 1.54) is 19.1 Å². The normalized spacial score (nSPS) is 17.3. The van der Waals surface area contributed by atoms with E-state index in [0.29, 0.717) is 6.54 Å². The van der Waals surface area contributed by atoms with E-state index in [9.17, 15) is 8.42 Å². The highest BCUT2D eigenvalue weighted by molar-refractivity contribution is 14.0. The number of nitrogens with zero attached hydrogens (tertiary/aromatic N) is 2. The maximum Gasteiger partial charge on any atom is 0.209 e. The van der Waals surface area contributed by atoms with Gasteiger partial charge >= 0.3 is 0 Å². The first kappa shape index (κ1) is 18.9. The fraction of sp³-hybridized carbons (Fsp3) is 0.909. The molecule has 1 heterocycles. The monoisotopic (exact) mass is 404 g/mol. The van der Waals surface area contributed by atoms with Crippen LogP contribution in [-0.4, -0.2) is 57.8 Å². The minimum Gasteiger partial charge on any atom is -0.354 e.